The molecule has 7 heteroatoms. The number of amides is 1. The zero-order valence-electron chi connectivity index (χ0n) is 18.7. The summed E-state index contributed by atoms with van der Waals surface area (Å²) in [6.45, 7) is 5.50. The topological polar surface area (TPSA) is 110 Å². The number of aryl methyl sites for hydroxylation is 2. The molecule has 1 unspecified atom stereocenters. The summed E-state index contributed by atoms with van der Waals surface area (Å²) in [7, 11) is 0. The molecule has 0 aliphatic carbocycles. The smallest absolute Gasteiger partial charge is 0.340 e. The second kappa shape index (κ2) is 8.94. The predicted octanol–water partition coefficient (Wildman–Crippen LogP) is 4.74. The molecule has 2 aromatic carbocycles. The molecule has 33 heavy (non-hydrogen) atoms. The molecule has 2 N–H and O–H groups in total. The average molecular weight is 447 g/mol. The number of carbonyl (C=O) groups is 2. The van der Waals surface area contributed by atoms with Crippen LogP contribution in [0.4, 0.5) is 0 Å². The number of carboxylic acid groups (broad SMARTS) is 1. The van der Waals surface area contributed by atoms with E-state index in [1.807, 2.05) is 50.2 Å². The van der Waals surface area contributed by atoms with E-state index in [4.69, 9.17) is 8.83 Å². The normalized spacial score (nSPS) is 12.2. The van der Waals surface area contributed by atoms with Crippen molar-refractivity contribution in [2.24, 2.45) is 0 Å². The lowest BCUT2D eigenvalue weighted by molar-refractivity contribution is -0.141. The van der Waals surface area contributed by atoms with Crippen molar-refractivity contribution in [3.05, 3.63) is 69.8 Å². The first kappa shape index (κ1) is 22.3. The Hall–Kier alpha value is -3.87. The molecule has 7 nitrogen and oxygen atoms in total. The molecule has 2 heterocycles. The summed E-state index contributed by atoms with van der Waals surface area (Å²) in [5.41, 5.74) is 3.16. The summed E-state index contributed by atoms with van der Waals surface area (Å²) in [4.78, 5) is 36.6. The summed E-state index contributed by atoms with van der Waals surface area (Å²) in [6.07, 6.45) is 0.663. The van der Waals surface area contributed by atoms with E-state index in [1.165, 1.54) is 0 Å². The van der Waals surface area contributed by atoms with Gasteiger partial charge in [0.05, 0.1) is 12.0 Å². The summed E-state index contributed by atoms with van der Waals surface area (Å²) in [5, 5.41) is 13.4. The van der Waals surface area contributed by atoms with Gasteiger partial charge in [0.2, 0.25) is 5.91 Å². The Balaban J connectivity index is 1.78. The molecule has 1 atom stereocenters. The monoisotopic (exact) mass is 447 g/mol. The van der Waals surface area contributed by atoms with Crippen LogP contribution in [0.15, 0.2) is 56.1 Å². The molecule has 0 aliphatic heterocycles. The minimum Gasteiger partial charge on any atom is -0.480 e. The van der Waals surface area contributed by atoms with E-state index in [0.29, 0.717) is 35.0 Å². The van der Waals surface area contributed by atoms with E-state index in [-0.39, 0.29) is 12.0 Å². The summed E-state index contributed by atoms with van der Waals surface area (Å²) in [5.74, 6) is -0.879. The number of fused-ring (bicyclic) bond motifs is 2. The molecule has 0 aliphatic rings. The fraction of sp³-hybridized carbons (Fsp3) is 0.269. The van der Waals surface area contributed by atoms with Crippen molar-refractivity contribution in [3.8, 4) is 11.1 Å². The van der Waals surface area contributed by atoms with Gasteiger partial charge in [-0.1, -0.05) is 43.7 Å². The highest BCUT2D eigenvalue weighted by atomic mass is 16.4. The third-order valence-electron chi connectivity index (χ3n) is 5.88. The maximum absolute atomic E-state index is 12.7. The minimum absolute atomic E-state index is 0.210. The standard InChI is InChI=1S/C26H25NO6/c1-4-8-20(25(29)30)27-23(28)12-18-14(2)17-11-19-22(13-21(17)33-26(18)31)32-15(3)24(19)16-9-6-5-7-10-16/h5-7,9-11,13,20H,4,8,12H2,1-3H3,(H,27,28)(H,29,30). The minimum atomic E-state index is -1.10. The Morgan fingerprint density at radius 3 is 2.39 bits per heavy atom. The molecule has 1 amide bonds. The average Bonchev–Trinajstić information content (AvgIpc) is 3.10. The van der Waals surface area contributed by atoms with Crippen molar-refractivity contribution in [1.29, 1.82) is 0 Å². The fourth-order valence-electron chi connectivity index (χ4n) is 4.22. The third kappa shape index (κ3) is 4.26. The molecule has 0 fully saturated rings. The van der Waals surface area contributed by atoms with E-state index in [2.05, 4.69) is 5.32 Å². The van der Waals surface area contributed by atoms with E-state index in [9.17, 15) is 19.5 Å². The SMILES string of the molecule is CCCC(NC(=O)Cc1c(C)c2cc3c(-c4ccccc4)c(C)oc3cc2oc1=O)C(=O)O. The highest BCUT2D eigenvalue weighted by Crippen LogP contribution is 2.37. The number of aliphatic carboxylic acids is 1. The molecule has 0 spiro atoms. The van der Waals surface area contributed by atoms with Crippen LogP contribution in [0.3, 0.4) is 0 Å². The lowest BCUT2D eigenvalue weighted by Crippen LogP contribution is -2.41. The molecule has 4 rings (SSSR count). The summed E-state index contributed by atoms with van der Waals surface area (Å²) >= 11 is 0. The molecule has 2 aromatic heterocycles. The van der Waals surface area contributed by atoms with Crippen LogP contribution in [0.1, 0.15) is 36.7 Å². The van der Waals surface area contributed by atoms with Gasteiger partial charge in [0.15, 0.2) is 0 Å². The van der Waals surface area contributed by atoms with Crippen molar-refractivity contribution < 1.29 is 23.5 Å². The number of hydrogen-bond donors (Lipinski definition) is 2. The van der Waals surface area contributed by atoms with Gasteiger partial charge in [0.1, 0.15) is 23.0 Å². The van der Waals surface area contributed by atoms with Crippen LogP contribution in [0.25, 0.3) is 33.1 Å². The predicted molar refractivity (Wildman–Crippen MR) is 125 cm³/mol. The molecular formula is C26H25NO6. The first-order chi connectivity index (χ1) is 15.8. The second-order valence-corrected chi connectivity index (χ2v) is 8.16. The van der Waals surface area contributed by atoms with E-state index >= 15 is 0 Å². The number of rotatable bonds is 7. The van der Waals surface area contributed by atoms with Crippen LogP contribution in [-0.4, -0.2) is 23.0 Å². The van der Waals surface area contributed by atoms with Crippen LogP contribution in [0, 0.1) is 13.8 Å². The van der Waals surface area contributed by atoms with Crippen LogP contribution >= 0.6 is 0 Å². The molecule has 0 saturated carbocycles. The van der Waals surface area contributed by atoms with Crippen molar-refractivity contribution in [2.45, 2.75) is 46.1 Å². The van der Waals surface area contributed by atoms with Crippen LogP contribution in [0.2, 0.25) is 0 Å². The van der Waals surface area contributed by atoms with Gasteiger partial charge in [-0.3, -0.25) is 4.79 Å². The zero-order chi connectivity index (χ0) is 23.7. The Morgan fingerprint density at radius 1 is 1.03 bits per heavy atom. The fourth-order valence-corrected chi connectivity index (χ4v) is 4.22. The first-order valence-electron chi connectivity index (χ1n) is 10.9. The molecule has 0 radical (unpaired) electrons. The van der Waals surface area contributed by atoms with E-state index in [1.54, 1.807) is 13.0 Å². The van der Waals surface area contributed by atoms with Crippen molar-refractivity contribution in [1.82, 2.24) is 5.32 Å². The van der Waals surface area contributed by atoms with Crippen LogP contribution < -0.4 is 10.9 Å². The lowest BCUT2D eigenvalue weighted by atomic mass is 9.98. The number of benzene rings is 2. The van der Waals surface area contributed by atoms with E-state index < -0.39 is 23.5 Å². The van der Waals surface area contributed by atoms with Crippen LogP contribution in [0.5, 0.6) is 0 Å². The van der Waals surface area contributed by atoms with Crippen molar-refractivity contribution in [3.63, 3.8) is 0 Å². The Bertz CT molecular complexity index is 1410. The highest BCUT2D eigenvalue weighted by molar-refractivity contribution is 6.03. The second-order valence-electron chi connectivity index (χ2n) is 8.16. The molecule has 4 aromatic rings. The third-order valence-corrected chi connectivity index (χ3v) is 5.88. The lowest BCUT2D eigenvalue weighted by Gasteiger charge is -2.14. The van der Waals surface area contributed by atoms with Gasteiger partial charge in [-0.05, 0) is 37.5 Å². The van der Waals surface area contributed by atoms with Crippen molar-refractivity contribution >= 4 is 33.8 Å². The molecular weight excluding hydrogens is 422 g/mol. The maximum Gasteiger partial charge on any atom is 0.340 e. The van der Waals surface area contributed by atoms with Gasteiger partial charge in [0.25, 0.3) is 0 Å². The Labute approximate surface area is 190 Å². The number of nitrogens with one attached hydrogen (secondary N) is 1. The summed E-state index contributed by atoms with van der Waals surface area (Å²) in [6, 6.07) is 12.5. The maximum atomic E-state index is 12.7. The number of furan rings is 1. The van der Waals surface area contributed by atoms with Gasteiger partial charge in [-0.25, -0.2) is 9.59 Å². The van der Waals surface area contributed by atoms with Crippen LogP contribution in [-0.2, 0) is 16.0 Å². The van der Waals surface area contributed by atoms with Gasteiger partial charge in [-0.2, -0.15) is 0 Å². The largest absolute Gasteiger partial charge is 0.480 e. The highest BCUT2D eigenvalue weighted by Gasteiger charge is 2.22. The first-order valence-corrected chi connectivity index (χ1v) is 10.9. The number of carboxylic acids is 1. The van der Waals surface area contributed by atoms with Gasteiger partial charge in [0, 0.05) is 22.4 Å². The van der Waals surface area contributed by atoms with Gasteiger partial charge in [-0.15, -0.1) is 0 Å². The quantitative estimate of drug-likeness (QED) is 0.396. The number of hydrogen-bond acceptors (Lipinski definition) is 5. The molecule has 0 bridgehead atoms. The number of carbonyl (C=O) groups excluding carboxylic acids is 1. The van der Waals surface area contributed by atoms with Gasteiger partial charge >= 0.3 is 11.6 Å². The summed E-state index contributed by atoms with van der Waals surface area (Å²) < 4.78 is 11.5. The zero-order valence-corrected chi connectivity index (χ0v) is 18.7. The Morgan fingerprint density at radius 2 is 1.73 bits per heavy atom. The van der Waals surface area contributed by atoms with E-state index in [0.717, 1.165) is 22.3 Å². The van der Waals surface area contributed by atoms with Gasteiger partial charge < -0.3 is 19.3 Å². The van der Waals surface area contributed by atoms with Crippen molar-refractivity contribution in [2.75, 3.05) is 0 Å². The molecule has 0 saturated heterocycles. The molecule has 170 valence electrons. The Kier molecular flexibility index (Phi) is 6.05.